The monoisotopic (exact) mass is 340 g/mol. The highest BCUT2D eigenvalue weighted by molar-refractivity contribution is 9.10. The summed E-state index contributed by atoms with van der Waals surface area (Å²) >= 11 is 3.51. The van der Waals surface area contributed by atoms with Crippen LogP contribution in [0.15, 0.2) is 22.7 Å². The summed E-state index contributed by atoms with van der Waals surface area (Å²) in [5.41, 5.74) is 6.95. The van der Waals surface area contributed by atoms with E-state index >= 15 is 0 Å². The molecule has 1 unspecified atom stereocenters. The first kappa shape index (κ1) is 15.3. The molecule has 0 bridgehead atoms. The average Bonchev–Trinajstić information content (AvgIpc) is 3.16. The highest BCUT2D eigenvalue weighted by atomic mass is 79.9. The zero-order valence-corrected chi connectivity index (χ0v) is 13.3. The fourth-order valence-corrected chi connectivity index (χ4v) is 2.34. The SMILES string of the molecule is CC(N)Cc1cc(OCCC(=O)NC2CC2)ccc1Br. The maximum absolute atomic E-state index is 11.5. The number of ether oxygens (including phenoxy) is 1. The number of amides is 1. The molecule has 0 saturated heterocycles. The lowest BCUT2D eigenvalue weighted by Gasteiger charge is -2.11. The molecule has 0 radical (unpaired) electrons. The minimum atomic E-state index is 0.0698. The van der Waals surface area contributed by atoms with E-state index in [4.69, 9.17) is 10.5 Å². The van der Waals surface area contributed by atoms with Gasteiger partial charge in [0.2, 0.25) is 5.91 Å². The van der Waals surface area contributed by atoms with Crippen molar-refractivity contribution in [3.8, 4) is 5.75 Å². The summed E-state index contributed by atoms with van der Waals surface area (Å²) in [7, 11) is 0. The van der Waals surface area contributed by atoms with E-state index in [2.05, 4.69) is 21.2 Å². The summed E-state index contributed by atoms with van der Waals surface area (Å²) in [6.45, 7) is 2.37. The third-order valence-corrected chi connectivity index (χ3v) is 3.87. The molecule has 1 aromatic carbocycles. The number of rotatable bonds is 7. The van der Waals surface area contributed by atoms with Gasteiger partial charge in [-0.3, -0.25) is 4.79 Å². The Labute approximate surface area is 128 Å². The van der Waals surface area contributed by atoms with Crippen LogP contribution in [0.4, 0.5) is 0 Å². The van der Waals surface area contributed by atoms with E-state index in [1.54, 1.807) is 0 Å². The first-order valence-corrected chi connectivity index (χ1v) is 7.80. The summed E-state index contributed by atoms with van der Waals surface area (Å²) in [5, 5.41) is 2.94. The van der Waals surface area contributed by atoms with Crippen LogP contribution in [-0.2, 0) is 11.2 Å². The topological polar surface area (TPSA) is 64.3 Å². The second-order valence-corrected chi connectivity index (χ2v) is 6.23. The van der Waals surface area contributed by atoms with E-state index < -0.39 is 0 Å². The first-order valence-electron chi connectivity index (χ1n) is 7.01. The maximum Gasteiger partial charge on any atom is 0.223 e. The Morgan fingerprint density at radius 2 is 2.30 bits per heavy atom. The zero-order chi connectivity index (χ0) is 14.5. The molecule has 0 aliphatic heterocycles. The van der Waals surface area contributed by atoms with Gasteiger partial charge in [-0.1, -0.05) is 15.9 Å². The zero-order valence-electron chi connectivity index (χ0n) is 11.7. The van der Waals surface area contributed by atoms with Crippen LogP contribution >= 0.6 is 15.9 Å². The van der Waals surface area contributed by atoms with Crippen LogP contribution in [0.25, 0.3) is 0 Å². The predicted octanol–water partition coefficient (Wildman–Crippen LogP) is 2.39. The van der Waals surface area contributed by atoms with E-state index in [1.165, 1.54) is 0 Å². The third kappa shape index (κ3) is 5.13. The van der Waals surface area contributed by atoms with Crippen LogP contribution in [0.3, 0.4) is 0 Å². The fourth-order valence-electron chi connectivity index (χ4n) is 1.93. The number of halogens is 1. The van der Waals surface area contributed by atoms with Crippen LogP contribution in [0.1, 0.15) is 31.7 Å². The maximum atomic E-state index is 11.5. The van der Waals surface area contributed by atoms with Crippen molar-refractivity contribution >= 4 is 21.8 Å². The van der Waals surface area contributed by atoms with E-state index in [-0.39, 0.29) is 11.9 Å². The molecule has 0 heterocycles. The van der Waals surface area contributed by atoms with Gasteiger partial charge in [0, 0.05) is 16.6 Å². The molecular weight excluding hydrogens is 320 g/mol. The Hall–Kier alpha value is -1.07. The minimum absolute atomic E-state index is 0.0698. The van der Waals surface area contributed by atoms with E-state index in [1.807, 2.05) is 25.1 Å². The van der Waals surface area contributed by atoms with Crippen molar-refractivity contribution in [2.75, 3.05) is 6.61 Å². The molecule has 1 fully saturated rings. The fraction of sp³-hybridized carbons (Fsp3) is 0.533. The lowest BCUT2D eigenvalue weighted by molar-refractivity contribution is -0.121. The van der Waals surface area contributed by atoms with Gasteiger partial charge in [0.1, 0.15) is 5.75 Å². The number of hydrogen-bond donors (Lipinski definition) is 2. The minimum Gasteiger partial charge on any atom is -0.493 e. The number of hydrogen-bond acceptors (Lipinski definition) is 3. The Kier molecular flexibility index (Phi) is 5.43. The summed E-state index contributed by atoms with van der Waals surface area (Å²) in [6.07, 6.45) is 3.41. The molecule has 2 rings (SSSR count). The van der Waals surface area contributed by atoms with Gasteiger partial charge >= 0.3 is 0 Å². The molecule has 1 atom stereocenters. The van der Waals surface area contributed by atoms with Gasteiger partial charge in [-0.05, 0) is 49.9 Å². The van der Waals surface area contributed by atoms with E-state index in [0.29, 0.717) is 19.1 Å². The van der Waals surface area contributed by atoms with Crippen molar-refractivity contribution in [2.24, 2.45) is 5.73 Å². The quantitative estimate of drug-likeness (QED) is 0.800. The van der Waals surface area contributed by atoms with Crippen molar-refractivity contribution < 1.29 is 9.53 Å². The van der Waals surface area contributed by atoms with Crippen LogP contribution < -0.4 is 15.8 Å². The third-order valence-electron chi connectivity index (χ3n) is 3.10. The van der Waals surface area contributed by atoms with Crippen molar-refractivity contribution in [3.05, 3.63) is 28.2 Å². The van der Waals surface area contributed by atoms with Gasteiger partial charge in [-0.2, -0.15) is 0 Å². The standard InChI is InChI=1S/C15H21BrN2O2/c1-10(17)8-11-9-13(4-5-14(11)16)20-7-6-15(19)18-12-2-3-12/h4-5,9-10,12H,2-3,6-8,17H2,1H3,(H,18,19). The number of carbonyl (C=O) groups is 1. The average molecular weight is 341 g/mol. The molecule has 0 spiro atoms. The number of nitrogens with two attached hydrogens (primary N) is 1. The van der Waals surface area contributed by atoms with Gasteiger partial charge in [0.15, 0.2) is 0 Å². The number of benzene rings is 1. The molecule has 0 aromatic heterocycles. The normalized spacial score (nSPS) is 15.8. The van der Waals surface area contributed by atoms with Crippen molar-refractivity contribution in [2.45, 2.75) is 44.7 Å². The molecule has 20 heavy (non-hydrogen) atoms. The van der Waals surface area contributed by atoms with Gasteiger partial charge in [-0.15, -0.1) is 0 Å². The van der Waals surface area contributed by atoms with Crippen LogP contribution in [0, 0.1) is 0 Å². The highest BCUT2D eigenvalue weighted by Crippen LogP contribution is 2.24. The Morgan fingerprint density at radius 1 is 1.55 bits per heavy atom. The lowest BCUT2D eigenvalue weighted by Crippen LogP contribution is -2.26. The first-order chi connectivity index (χ1) is 9.54. The molecule has 1 aliphatic carbocycles. The summed E-state index contributed by atoms with van der Waals surface area (Å²) in [4.78, 5) is 11.5. The van der Waals surface area contributed by atoms with Gasteiger partial charge < -0.3 is 15.8 Å². The Bertz CT molecular complexity index is 473. The predicted molar refractivity (Wildman–Crippen MR) is 82.8 cm³/mol. The highest BCUT2D eigenvalue weighted by Gasteiger charge is 2.22. The number of nitrogens with one attached hydrogen (secondary N) is 1. The van der Waals surface area contributed by atoms with E-state index in [9.17, 15) is 4.79 Å². The van der Waals surface area contributed by atoms with Crippen LogP contribution in [0.5, 0.6) is 5.75 Å². The Balaban J connectivity index is 1.80. The molecule has 5 heteroatoms. The molecule has 3 N–H and O–H groups in total. The molecule has 1 aliphatic rings. The smallest absolute Gasteiger partial charge is 0.223 e. The lowest BCUT2D eigenvalue weighted by atomic mass is 10.1. The summed E-state index contributed by atoms with van der Waals surface area (Å²) < 4.78 is 6.67. The van der Waals surface area contributed by atoms with Crippen LogP contribution in [-0.4, -0.2) is 24.6 Å². The second kappa shape index (κ2) is 7.09. The molecule has 1 amide bonds. The Morgan fingerprint density at radius 3 is 2.95 bits per heavy atom. The van der Waals surface area contributed by atoms with Crippen molar-refractivity contribution in [3.63, 3.8) is 0 Å². The van der Waals surface area contributed by atoms with Gasteiger partial charge in [0.25, 0.3) is 0 Å². The van der Waals surface area contributed by atoms with Gasteiger partial charge in [-0.25, -0.2) is 0 Å². The molecule has 1 aromatic rings. The molecule has 1 saturated carbocycles. The molecular formula is C15H21BrN2O2. The van der Waals surface area contributed by atoms with Crippen molar-refractivity contribution in [1.82, 2.24) is 5.32 Å². The second-order valence-electron chi connectivity index (χ2n) is 5.37. The van der Waals surface area contributed by atoms with E-state index in [0.717, 1.165) is 35.0 Å². The summed E-state index contributed by atoms with van der Waals surface area (Å²) in [5.74, 6) is 0.850. The number of carbonyl (C=O) groups excluding carboxylic acids is 1. The van der Waals surface area contributed by atoms with Crippen LogP contribution in [0.2, 0.25) is 0 Å². The van der Waals surface area contributed by atoms with Gasteiger partial charge in [0.05, 0.1) is 13.0 Å². The summed E-state index contributed by atoms with van der Waals surface area (Å²) in [6, 6.07) is 6.34. The molecule has 110 valence electrons. The largest absolute Gasteiger partial charge is 0.493 e. The van der Waals surface area contributed by atoms with Crippen molar-refractivity contribution in [1.29, 1.82) is 0 Å². The molecule has 4 nitrogen and oxygen atoms in total.